The monoisotopic (exact) mass is 320 g/mol. The number of benzene rings is 1. The van der Waals surface area contributed by atoms with Crippen LogP contribution in [0.3, 0.4) is 0 Å². The number of guanidine groups is 1. The fraction of sp³-hybridized carbons (Fsp3) is 0.588. The van der Waals surface area contributed by atoms with E-state index < -0.39 is 0 Å². The first kappa shape index (κ1) is 17.4. The van der Waals surface area contributed by atoms with Gasteiger partial charge in [-0.3, -0.25) is 4.99 Å². The Bertz CT molecular complexity index is 533. The molecule has 0 bridgehead atoms. The fourth-order valence-electron chi connectivity index (χ4n) is 2.29. The fourth-order valence-corrected chi connectivity index (χ4v) is 2.29. The standard InChI is InChI=1S/C17H28N4O2/c1-4-13(2)21(3)9-8-19-17(18)20-14-6-7-15-16(12-14)23-11-5-10-22-15/h6-7,12-13H,4-5,8-11H2,1-3H3,(H3,18,19,20). The summed E-state index contributed by atoms with van der Waals surface area (Å²) in [6, 6.07) is 6.27. The maximum absolute atomic E-state index is 5.96. The van der Waals surface area contributed by atoms with E-state index in [1.807, 2.05) is 18.2 Å². The minimum atomic E-state index is 0.414. The Hall–Kier alpha value is -1.95. The number of fused-ring (bicyclic) bond motifs is 1. The largest absolute Gasteiger partial charge is 0.490 e. The van der Waals surface area contributed by atoms with Crippen molar-refractivity contribution < 1.29 is 9.47 Å². The van der Waals surface area contributed by atoms with Crippen molar-refractivity contribution in [1.29, 1.82) is 0 Å². The van der Waals surface area contributed by atoms with Gasteiger partial charge in [-0.1, -0.05) is 6.92 Å². The zero-order chi connectivity index (χ0) is 16.7. The number of hydrogen-bond acceptors (Lipinski definition) is 4. The third-order valence-electron chi connectivity index (χ3n) is 4.10. The van der Waals surface area contributed by atoms with Crippen LogP contribution < -0.4 is 20.5 Å². The molecule has 2 rings (SSSR count). The van der Waals surface area contributed by atoms with E-state index >= 15 is 0 Å². The first-order chi connectivity index (χ1) is 11.1. The molecule has 6 nitrogen and oxygen atoms in total. The topological polar surface area (TPSA) is 72.1 Å². The predicted octanol–water partition coefficient (Wildman–Crippen LogP) is 2.30. The Kier molecular flexibility index (Phi) is 6.52. The summed E-state index contributed by atoms with van der Waals surface area (Å²) in [5.41, 5.74) is 6.81. The molecule has 128 valence electrons. The van der Waals surface area contributed by atoms with Gasteiger partial charge in [0, 0.05) is 30.8 Å². The maximum Gasteiger partial charge on any atom is 0.193 e. The van der Waals surface area contributed by atoms with Crippen molar-refractivity contribution in [3.05, 3.63) is 18.2 Å². The normalized spacial score (nSPS) is 16.1. The number of rotatable bonds is 6. The molecule has 1 aliphatic heterocycles. The Morgan fingerprint density at radius 2 is 2.09 bits per heavy atom. The van der Waals surface area contributed by atoms with Gasteiger partial charge in [-0.2, -0.15) is 0 Å². The first-order valence-corrected chi connectivity index (χ1v) is 8.27. The van der Waals surface area contributed by atoms with Crippen LogP contribution in [-0.4, -0.2) is 50.3 Å². The van der Waals surface area contributed by atoms with Crippen molar-refractivity contribution >= 4 is 11.6 Å². The molecule has 3 N–H and O–H groups in total. The molecule has 1 unspecified atom stereocenters. The van der Waals surface area contributed by atoms with Crippen LogP contribution in [0, 0.1) is 0 Å². The lowest BCUT2D eigenvalue weighted by Crippen LogP contribution is -2.31. The average Bonchev–Trinajstić information content (AvgIpc) is 2.78. The van der Waals surface area contributed by atoms with Crippen molar-refractivity contribution in [2.75, 3.05) is 38.7 Å². The highest BCUT2D eigenvalue weighted by molar-refractivity contribution is 5.92. The van der Waals surface area contributed by atoms with Crippen LogP contribution in [0.5, 0.6) is 11.5 Å². The number of ether oxygens (including phenoxy) is 2. The van der Waals surface area contributed by atoms with Gasteiger partial charge in [-0.15, -0.1) is 0 Å². The number of nitrogens with two attached hydrogens (primary N) is 1. The zero-order valence-corrected chi connectivity index (χ0v) is 14.3. The van der Waals surface area contributed by atoms with Gasteiger partial charge in [-0.25, -0.2) is 0 Å². The van der Waals surface area contributed by atoms with E-state index in [0.717, 1.165) is 36.6 Å². The van der Waals surface area contributed by atoms with Gasteiger partial charge in [0.1, 0.15) is 0 Å². The van der Waals surface area contributed by atoms with Crippen molar-refractivity contribution in [2.45, 2.75) is 32.7 Å². The molecule has 0 saturated heterocycles. The van der Waals surface area contributed by atoms with Crippen LogP contribution in [0.15, 0.2) is 23.2 Å². The number of likely N-dealkylation sites (N-methyl/N-ethyl adjacent to an activating group) is 1. The van der Waals surface area contributed by atoms with Crippen molar-refractivity contribution in [3.63, 3.8) is 0 Å². The van der Waals surface area contributed by atoms with E-state index in [9.17, 15) is 0 Å². The molecule has 0 aromatic heterocycles. The molecule has 0 radical (unpaired) electrons. The lowest BCUT2D eigenvalue weighted by atomic mass is 10.2. The summed E-state index contributed by atoms with van der Waals surface area (Å²) in [5, 5.41) is 3.10. The minimum absolute atomic E-state index is 0.414. The molecule has 1 aliphatic rings. The van der Waals surface area contributed by atoms with Crippen LogP contribution in [0.25, 0.3) is 0 Å². The van der Waals surface area contributed by atoms with Crippen LogP contribution >= 0.6 is 0 Å². The molecule has 0 amide bonds. The van der Waals surface area contributed by atoms with Gasteiger partial charge in [-0.05, 0) is 32.5 Å². The van der Waals surface area contributed by atoms with Crippen molar-refractivity contribution in [2.24, 2.45) is 10.7 Å². The van der Waals surface area contributed by atoms with E-state index in [0.29, 0.717) is 31.8 Å². The van der Waals surface area contributed by atoms with Crippen LogP contribution in [0.2, 0.25) is 0 Å². The van der Waals surface area contributed by atoms with Crippen LogP contribution in [0.4, 0.5) is 5.69 Å². The second kappa shape index (κ2) is 8.62. The van der Waals surface area contributed by atoms with Crippen molar-refractivity contribution in [3.8, 4) is 11.5 Å². The third kappa shape index (κ3) is 5.32. The summed E-state index contributed by atoms with van der Waals surface area (Å²) in [4.78, 5) is 6.66. The Morgan fingerprint density at radius 3 is 2.83 bits per heavy atom. The number of hydrogen-bond donors (Lipinski definition) is 2. The molecule has 6 heteroatoms. The van der Waals surface area contributed by atoms with Gasteiger partial charge >= 0.3 is 0 Å². The maximum atomic E-state index is 5.96. The average molecular weight is 320 g/mol. The summed E-state index contributed by atoms with van der Waals surface area (Å²) in [6.45, 7) is 7.31. The van der Waals surface area contributed by atoms with Gasteiger partial charge in [0.2, 0.25) is 0 Å². The number of nitrogens with zero attached hydrogens (tertiary/aromatic N) is 2. The van der Waals surface area contributed by atoms with E-state index in [-0.39, 0.29) is 0 Å². The Balaban J connectivity index is 1.88. The lowest BCUT2D eigenvalue weighted by molar-refractivity contribution is 0.259. The van der Waals surface area contributed by atoms with Gasteiger partial charge in [0.05, 0.1) is 19.8 Å². The van der Waals surface area contributed by atoms with Gasteiger partial charge in [0.25, 0.3) is 0 Å². The molecule has 0 spiro atoms. The minimum Gasteiger partial charge on any atom is -0.490 e. The SMILES string of the molecule is CCC(C)N(C)CCN=C(N)Nc1ccc2c(c1)OCCCO2. The molecule has 23 heavy (non-hydrogen) atoms. The van der Waals surface area contributed by atoms with E-state index in [1.165, 1.54) is 0 Å². The number of aliphatic imine (C=N–C) groups is 1. The number of nitrogens with one attached hydrogen (secondary N) is 1. The van der Waals surface area contributed by atoms with Crippen LogP contribution in [0.1, 0.15) is 26.7 Å². The summed E-state index contributed by atoms with van der Waals surface area (Å²) in [7, 11) is 2.11. The first-order valence-electron chi connectivity index (χ1n) is 8.27. The quantitative estimate of drug-likeness (QED) is 0.621. The highest BCUT2D eigenvalue weighted by Gasteiger charge is 2.11. The summed E-state index contributed by atoms with van der Waals surface area (Å²) in [6.07, 6.45) is 2.02. The smallest absolute Gasteiger partial charge is 0.193 e. The lowest BCUT2D eigenvalue weighted by Gasteiger charge is -2.22. The third-order valence-corrected chi connectivity index (χ3v) is 4.10. The van der Waals surface area contributed by atoms with Crippen LogP contribution in [-0.2, 0) is 0 Å². The Morgan fingerprint density at radius 1 is 1.35 bits per heavy atom. The number of anilines is 1. The molecule has 0 saturated carbocycles. The predicted molar refractivity (Wildman–Crippen MR) is 94.5 cm³/mol. The summed E-state index contributed by atoms with van der Waals surface area (Å²) in [5.74, 6) is 1.94. The molecule has 0 fully saturated rings. The molecular weight excluding hydrogens is 292 g/mol. The molecule has 1 heterocycles. The molecule has 1 aromatic rings. The second-order valence-electron chi connectivity index (χ2n) is 5.84. The highest BCUT2D eigenvalue weighted by atomic mass is 16.5. The van der Waals surface area contributed by atoms with E-state index in [2.05, 4.69) is 36.1 Å². The van der Waals surface area contributed by atoms with E-state index in [4.69, 9.17) is 15.2 Å². The van der Waals surface area contributed by atoms with Gasteiger partial charge < -0.3 is 25.4 Å². The molecule has 1 aromatic carbocycles. The molecule has 0 aliphatic carbocycles. The van der Waals surface area contributed by atoms with Crippen molar-refractivity contribution in [1.82, 2.24) is 4.90 Å². The Labute approximate surface area is 138 Å². The molecule has 1 atom stereocenters. The van der Waals surface area contributed by atoms with Gasteiger partial charge in [0.15, 0.2) is 17.5 Å². The summed E-state index contributed by atoms with van der Waals surface area (Å²) >= 11 is 0. The zero-order valence-electron chi connectivity index (χ0n) is 14.3. The summed E-state index contributed by atoms with van der Waals surface area (Å²) < 4.78 is 11.3. The second-order valence-corrected chi connectivity index (χ2v) is 5.84. The highest BCUT2D eigenvalue weighted by Crippen LogP contribution is 2.32. The van der Waals surface area contributed by atoms with E-state index in [1.54, 1.807) is 0 Å². The molecular formula is C17H28N4O2.